The summed E-state index contributed by atoms with van der Waals surface area (Å²) in [6.07, 6.45) is -0.213. The number of nitrogens with zero attached hydrogens (tertiary/aromatic N) is 2. The van der Waals surface area contributed by atoms with Gasteiger partial charge in [0, 0.05) is 30.2 Å². The molecule has 1 aliphatic heterocycles. The van der Waals surface area contributed by atoms with Gasteiger partial charge in [-0.15, -0.1) is 0 Å². The van der Waals surface area contributed by atoms with E-state index in [0.717, 1.165) is 5.56 Å². The molecule has 1 saturated heterocycles. The van der Waals surface area contributed by atoms with Crippen LogP contribution in [0, 0.1) is 6.92 Å². The highest BCUT2D eigenvalue weighted by Gasteiger charge is 2.25. The van der Waals surface area contributed by atoms with Gasteiger partial charge in [0.1, 0.15) is 5.75 Å². The van der Waals surface area contributed by atoms with Gasteiger partial charge in [0.25, 0.3) is 5.91 Å². The molecular weight excluding hydrogens is 348 g/mol. The molecule has 1 aromatic rings. The van der Waals surface area contributed by atoms with E-state index in [0.29, 0.717) is 37.0 Å². The largest absolute Gasteiger partial charge is 0.483 e. The van der Waals surface area contributed by atoms with Gasteiger partial charge in [-0.3, -0.25) is 14.5 Å². The van der Waals surface area contributed by atoms with Crippen LogP contribution in [-0.4, -0.2) is 79.3 Å². The zero-order chi connectivity index (χ0) is 18.4. The van der Waals surface area contributed by atoms with Crippen molar-refractivity contribution >= 4 is 23.5 Å². The summed E-state index contributed by atoms with van der Waals surface area (Å²) in [5.41, 5.74) is 0.798. The zero-order valence-corrected chi connectivity index (χ0v) is 15.2. The molecule has 7 nitrogen and oxygen atoms in total. The maximum absolute atomic E-state index is 12.4. The van der Waals surface area contributed by atoms with E-state index < -0.39 is 5.97 Å². The number of hydrogen-bond acceptors (Lipinski definition) is 5. The second kappa shape index (κ2) is 9.03. The van der Waals surface area contributed by atoms with Gasteiger partial charge in [0.2, 0.25) is 0 Å². The van der Waals surface area contributed by atoms with Crippen molar-refractivity contribution in [2.45, 2.75) is 13.0 Å². The van der Waals surface area contributed by atoms with E-state index in [-0.39, 0.29) is 25.2 Å². The van der Waals surface area contributed by atoms with Gasteiger partial charge < -0.3 is 19.5 Å². The summed E-state index contributed by atoms with van der Waals surface area (Å²) in [5, 5.41) is 9.40. The Hall–Kier alpha value is -1.83. The third-order valence-electron chi connectivity index (χ3n) is 3.98. The van der Waals surface area contributed by atoms with Crippen LogP contribution in [0.25, 0.3) is 0 Å². The number of carbonyl (C=O) groups is 2. The van der Waals surface area contributed by atoms with Crippen LogP contribution in [0.2, 0.25) is 5.02 Å². The van der Waals surface area contributed by atoms with Crippen molar-refractivity contribution in [1.82, 2.24) is 9.80 Å². The number of hydrogen-bond donors (Lipinski definition) is 1. The lowest BCUT2D eigenvalue weighted by atomic mass is 10.2. The third-order valence-corrected chi connectivity index (χ3v) is 4.39. The van der Waals surface area contributed by atoms with Gasteiger partial charge in [-0.2, -0.15) is 0 Å². The molecule has 0 unspecified atom stereocenters. The monoisotopic (exact) mass is 370 g/mol. The van der Waals surface area contributed by atoms with E-state index in [1.165, 1.54) is 0 Å². The van der Waals surface area contributed by atoms with Gasteiger partial charge in [-0.25, -0.2) is 0 Å². The Morgan fingerprint density at radius 3 is 2.96 bits per heavy atom. The van der Waals surface area contributed by atoms with Crippen LogP contribution in [0.4, 0.5) is 0 Å². The molecule has 1 amide bonds. The summed E-state index contributed by atoms with van der Waals surface area (Å²) in [7, 11) is 1.71. The Morgan fingerprint density at radius 2 is 2.24 bits per heavy atom. The first-order valence-electron chi connectivity index (χ1n) is 8.04. The van der Waals surface area contributed by atoms with E-state index >= 15 is 0 Å². The molecule has 25 heavy (non-hydrogen) atoms. The first-order chi connectivity index (χ1) is 11.9. The van der Waals surface area contributed by atoms with Crippen LogP contribution in [0.3, 0.4) is 0 Å². The highest BCUT2D eigenvalue weighted by molar-refractivity contribution is 6.31. The number of carbonyl (C=O) groups excluding carboxylic acids is 1. The number of ether oxygens (including phenoxy) is 2. The van der Waals surface area contributed by atoms with Crippen LogP contribution in [-0.2, 0) is 14.3 Å². The molecule has 1 N–H and O–H groups in total. The molecule has 2 rings (SSSR count). The van der Waals surface area contributed by atoms with Gasteiger partial charge in [0.05, 0.1) is 19.3 Å². The molecule has 0 bridgehead atoms. The fraction of sp³-hybridized carbons (Fsp3) is 0.529. The van der Waals surface area contributed by atoms with Gasteiger partial charge in [0.15, 0.2) is 6.61 Å². The van der Waals surface area contributed by atoms with Crippen molar-refractivity contribution in [3.63, 3.8) is 0 Å². The van der Waals surface area contributed by atoms with Crippen molar-refractivity contribution in [2.24, 2.45) is 0 Å². The molecule has 1 fully saturated rings. The quantitative estimate of drug-likeness (QED) is 0.778. The number of halogens is 1. The van der Waals surface area contributed by atoms with E-state index in [9.17, 15) is 9.59 Å². The Kier molecular flexibility index (Phi) is 7.04. The lowest BCUT2D eigenvalue weighted by Gasteiger charge is -2.34. The Morgan fingerprint density at radius 1 is 1.48 bits per heavy atom. The normalized spacial score (nSPS) is 17.6. The molecule has 1 aromatic carbocycles. The summed E-state index contributed by atoms with van der Waals surface area (Å²) in [5.74, 6) is -0.433. The molecule has 138 valence electrons. The Labute approximate surface area is 152 Å². The summed E-state index contributed by atoms with van der Waals surface area (Å²) >= 11 is 6.04. The molecular formula is C17H23ClN2O5. The van der Waals surface area contributed by atoms with E-state index in [4.69, 9.17) is 26.2 Å². The topological polar surface area (TPSA) is 79.3 Å². The lowest BCUT2D eigenvalue weighted by Crippen LogP contribution is -2.50. The summed E-state index contributed by atoms with van der Waals surface area (Å²) < 4.78 is 11.2. The van der Waals surface area contributed by atoms with Gasteiger partial charge in [-0.1, -0.05) is 17.7 Å². The van der Waals surface area contributed by atoms with Gasteiger partial charge >= 0.3 is 5.97 Å². The van der Waals surface area contributed by atoms with Gasteiger partial charge in [-0.05, 0) is 26.1 Å². The second-order valence-electron chi connectivity index (χ2n) is 6.07. The lowest BCUT2D eigenvalue weighted by molar-refractivity contribution is -0.143. The molecule has 0 aromatic heterocycles. The molecule has 1 atom stereocenters. The average Bonchev–Trinajstić information content (AvgIpc) is 2.55. The Bertz CT molecular complexity index is 625. The van der Waals surface area contributed by atoms with E-state index in [1.54, 1.807) is 35.0 Å². The third kappa shape index (κ3) is 5.88. The van der Waals surface area contributed by atoms with Crippen LogP contribution in [0.1, 0.15) is 5.56 Å². The fourth-order valence-corrected chi connectivity index (χ4v) is 2.84. The zero-order valence-electron chi connectivity index (χ0n) is 14.4. The first kappa shape index (κ1) is 19.5. The maximum Gasteiger partial charge on any atom is 0.317 e. The van der Waals surface area contributed by atoms with Crippen molar-refractivity contribution in [2.75, 3.05) is 46.4 Å². The number of likely N-dealkylation sites (N-methyl/N-ethyl adjacent to an activating group) is 1. The van der Waals surface area contributed by atoms with Crippen LogP contribution >= 0.6 is 11.6 Å². The maximum atomic E-state index is 12.4. The van der Waals surface area contributed by atoms with Crippen LogP contribution in [0.5, 0.6) is 5.75 Å². The van der Waals surface area contributed by atoms with E-state index in [1.807, 2.05) is 6.92 Å². The summed E-state index contributed by atoms with van der Waals surface area (Å²) in [6, 6.07) is 5.32. The molecule has 1 heterocycles. The first-order valence-corrected chi connectivity index (χ1v) is 8.42. The standard InChI is InChI=1S/C17H23ClN2O5/c1-12-14(18)4-3-5-15(12)25-11-16(21)20-6-7-24-13(9-20)8-19(2)10-17(22)23/h3-5,13H,6-11H2,1-2H3,(H,22,23)/t13-/m0/s1. The Balaban J connectivity index is 1.84. The molecule has 0 aliphatic carbocycles. The molecule has 8 heteroatoms. The fourth-order valence-electron chi connectivity index (χ4n) is 2.67. The minimum Gasteiger partial charge on any atom is -0.483 e. The number of morpholine rings is 1. The predicted octanol–water partition coefficient (Wildman–Crippen LogP) is 1.27. The minimum atomic E-state index is -0.892. The smallest absolute Gasteiger partial charge is 0.317 e. The molecule has 1 aliphatic rings. The number of aliphatic carboxylic acids is 1. The van der Waals surface area contributed by atoms with Crippen LogP contribution in [0.15, 0.2) is 18.2 Å². The van der Waals surface area contributed by atoms with Crippen molar-refractivity contribution < 1.29 is 24.2 Å². The number of carboxylic acids is 1. The molecule has 0 radical (unpaired) electrons. The molecule has 0 spiro atoms. The number of carboxylic acid groups (broad SMARTS) is 1. The predicted molar refractivity (Wildman–Crippen MR) is 93.1 cm³/mol. The highest BCUT2D eigenvalue weighted by Crippen LogP contribution is 2.25. The average molecular weight is 371 g/mol. The van der Waals surface area contributed by atoms with Crippen molar-refractivity contribution in [3.05, 3.63) is 28.8 Å². The molecule has 0 saturated carbocycles. The minimum absolute atomic E-state index is 0.0645. The highest BCUT2D eigenvalue weighted by atomic mass is 35.5. The summed E-state index contributed by atoms with van der Waals surface area (Å²) in [4.78, 5) is 26.4. The number of rotatable bonds is 7. The second-order valence-corrected chi connectivity index (χ2v) is 6.48. The summed E-state index contributed by atoms with van der Waals surface area (Å²) in [6.45, 7) is 3.49. The van der Waals surface area contributed by atoms with Crippen molar-refractivity contribution in [3.8, 4) is 5.75 Å². The van der Waals surface area contributed by atoms with E-state index in [2.05, 4.69) is 0 Å². The SMILES string of the molecule is Cc1c(Cl)cccc1OCC(=O)N1CCO[C@@H](CN(C)CC(=O)O)C1. The van der Waals surface area contributed by atoms with Crippen LogP contribution < -0.4 is 4.74 Å². The number of benzene rings is 1. The van der Waals surface area contributed by atoms with Crippen molar-refractivity contribution in [1.29, 1.82) is 0 Å². The number of amides is 1.